The molecule has 100 valence electrons. The van der Waals surface area contributed by atoms with E-state index in [0.717, 1.165) is 5.56 Å². The van der Waals surface area contributed by atoms with Crippen LogP contribution >= 0.6 is 11.6 Å². The van der Waals surface area contributed by atoms with Gasteiger partial charge in [0.2, 0.25) is 10.0 Å². The van der Waals surface area contributed by atoms with Crippen LogP contribution < -0.4 is 4.72 Å². The number of benzene rings is 1. The van der Waals surface area contributed by atoms with Gasteiger partial charge in [-0.1, -0.05) is 17.7 Å². The molecule has 0 atom stereocenters. The van der Waals surface area contributed by atoms with Gasteiger partial charge in [0.1, 0.15) is 10.4 Å². The molecule has 7 heteroatoms. The third-order valence-electron chi connectivity index (χ3n) is 2.30. The molecular formula is C11H14ClNO4S. The van der Waals surface area contributed by atoms with Crippen LogP contribution in [0.25, 0.3) is 0 Å². The van der Waals surface area contributed by atoms with E-state index in [1.165, 1.54) is 26.0 Å². The molecule has 0 aliphatic carbocycles. The third kappa shape index (κ3) is 3.22. The number of hydrogen-bond acceptors (Lipinski definition) is 3. The summed E-state index contributed by atoms with van der Waals surface area (Å²) in [5, 5.41) is 8.96. The van der Waals surface area contributed by atoms with Crippen LogP contribution in [0.2, 0.25) is 5.02 Å². The Labute approximate surface area is 111 Å². The van der Waals surface area contributed by atoms with Crippen molar-refractivity contribution >= 4 is 27.6 Å². The number of hydrogen-bond donors (Lipinski definition) is 2. The molecule has 0 aliphatic heterocycles. The molecule has 0 amide bonds. The minimum absolute atomic E-state index is 0.0590. The van der Waals surface area contributed by atoms with Crippen molar-refractivity contribution in [2.45, 2.75) is 31.2 Å². The Morgan fingerprint density at radius 1 is 1.39 bits per heavy atom. The molecule has 1 aromatic carbocycles. The molecule has 0 spiro atoms. The molecule has 1 rings (SSSR count). The van der Waals surface area contributed by atoms with Gasteiger partial charge >= 0.3 is 5.97 Å². The van der Waals surface area contributed by atoms with Gasteiger partial charge in [-0.15, -0.1) is 0 Å². The number of rotatable bonds is 4. The fourth-order valence-electron chi connectivity index (χ4n) is 1.26. The van der Waals surface area contributed by atoms with Crippen molar-refractivity contribution in [3.63, 3.8) is 0 Å². The van der Waals surface area contributed by atoms with Gasteiger partial charge in [0.15, 0.2) is 0 Å². The van der Waals surface area contributed by atoms with E-state index in [9.17, 15) is 13.2 Å². The quantitative estimate of drug-likeness (QED) is 0.886. The summed E-state index contributed by atoms with van der Waals surface area (Å²) in [6.45, 7) is 4.29. The van der Waals surface area contributed by atoms with E-state index < -0.39 is 21.5 Å². The maximum absolute atomic E-state index is 12.0. The lowest BCUT2D eigenvalue weighted by atomic mass is 10.1. The Hall–Kier alpha value is -1.11. The minimum atomic E-state index is -3.97. The molecule has 1 aromatic rings. The van der Waals surface area contributed by atoms with Crippen LogP contribution in [0, 0.1) is 6.92 Å². The summed E-state index contributed by atoms with van der Waals surface area (Å²) < 4.78 is 26.1. The van der Waals surface area contributed by atoms with Crippen LogP contribution in [0.1, 0.15) is 19.4 Å². The van der Waals surface area contributed by atoms with Crippen molar-refractivity contribution in [3.8, 4) is 0 Å². The molecule has 0 unspecified atom stereocenters. The number of sulfonamides is 1. The summed E-state index contributed by atoms with van der Waals surface area (Å²) in [4.78, 5) is 10.8. The van der Waals surface area contributed by atoms with E-state index >= 15 is 0 Å². The number of aryl methyl sites for hydroxylation is 1. The van der Waals surface area contributed by atoms with Crippen LogP contribution in [0.5, 0.6) is 0 Å². The molecular weight excluding hydrogens is 278 g/mol. The molecule has 5 nitrogen and oxygen atoms in total. The standard InChI is InChI=1S/C11H14ClNO4S/c1-7-4-5-9(8(12)6-7)18(16,17)13-11(2,3)10(14)15/h4-6,13H,1-3H3,(H,14,15). The van der Waals surface area contributed by atoms with Gasteiger partial charge in [0, 0.05) is 0 Å². The molecule has 0 heterocycles. The molecule has 0 aliphatic rings. The molecule has 0 saturated carbocycles. The van der Waals surface area contributed by atoms with E-state index in [-0.39, 0.29) is 9.92 Å². The Morgan fingerprint density at radius 3 is 2.39 bits per heavy atom. The lowest BCUT2D eigenvalue weighted by Gasteiger charge is -2.21. The largest absolute Gasteiger partial charge is 0.480 e. The maximum atomic E-state index is 12.0. The van der Waals surface area contributed by atoms with E-state index in [4.69, 9.17) is 16.7 Å². The normalized spacial score (nSPS) is 12.4. The predicted octanol–water partition coefficient (Wildman–Crippen LogP) is 1.79. The van der Waals surface area contributed by atoms with Crippen LogP contribution in [0.3, 0.4) is 0 Å². The highest BCUT2D eigenvalue weighted by Crippen LogP contribution is 2.23. The first kappa shape index (κ1) is 14.9. The van der Waals surface area contributed by atoms with Crippen molar-refractivity contribution in [2.24, 2.45) is 0 Å². The first-order valence-corrected chi connectivity index (χ1v) is 6.96. The Kier molecular flexibility index (Phi) is 4.05. The summed E-state index contributed by atoms with van der Waals surface area (Å²) in [7, 11) is -3.97. The van der Waals surface area contributed by atoms with E-state index in [2.05, 4.69) is 4.72 Å². The van der Waals surface area contributed by atoms with Crippen molar-refractivity contribution in [1.82, 2.24) is 4.72 Å². The van der Waals surface area contributed by atoms with Gasteiger partial charge in [0.25, 0.3) is 0 Å². The van der Waals surface area contributed by atoms with Gasteiger partial charge in [-0.05, 0) is 38.5 Å². The zero-order valence-electron chi connectivity index (χ0n) is 10.2. The average molecular weight is 292 g/mol. The fourth-order valence-corrected chi connectivity index (χ4v) is 3.23. The molecule has 0 aromatic heterocycles. The number of carbonyl (C=O) groups is 1. The second-order valence-corrected chi connectivity index (χ2v) is 6.53. The second-order valence-electron chi connectivity index (χ2n) is 4.47. The number of halogens is 1. The molecule has 0 fully saturated rings. The SMILES string of the molecule is Cc1ccc(S(=O)(=O)NC(C)(C)C(=O)O)c(Cl)c1. The summed E-state index contributed by atoms with van der Waals surface area (Å²) in [5.74, 6) is -1.27. The van der Waals surface area contributed by atoms with Gasteiger partial charge in [-0.2, -0.15) is 4.72 Å². The summed E-state index contributed by atoms with van der Waals surface area (Å²) in [5.41, 5.74) is -0.788. The topological polar surface area (TPSA) is 83.5 Å². The smallest absolute Gasteiger partial charge is 0.324 e. The number of nitrogens with one attached hydrogen (secondary N) is 1. The van der Waals surface area contributed by atoms with E-state index in [1.54, 1.807) is 13.0 Å². The maximum Gasteiger partial charge on any atom is 0.324 e. The van der Waals surface area contributed by atoms with Crippen LogP contribution in [0.15, 0.2) is 23.1 Å². The summed E-state index contributed by atoms with van der Waals surface area (Å²) in [6, 6.07) is 4.44. The van der Waals surface area contributed by atoms with Gasteiger partial charge in [-0.25, -0.2) is 8.42 Å². The first-order valence-electron chi connectivity index (χ1n) is 5.10. The summed E-state index contributed by atoms with van der Waals surface area (Å²) in [6.07, 6.45) is 0. The van der Waals surface area contributed by atoms with Crippen molar-refractivity contribution < 1.29 is 18.3 Å². The van der Waals surface area contributed by atoms with Crippen molar-refractivity contribution in [3.05, 3.63) is 28.8 Å². The third-order valence-corrected chi connectivity index (χ3v) is 4.44. The lowest BCUT2D eigenvalue weighted by molar-refractivity contribution is -0.142. The molecule has 0 radical (unpaired) electrons. The van der Waals surface area contributed by atoms with Crippen LogP contribution in [0.4, 0.5) is 0 Å². The van der Waals surface area contributed by atoms with Crippen molar-refractivity contribution in [2.75, 3.05) is 0 Å². The number of carboxylic acid groups (broad SMARTS) is 1. The number of carboxylic acids is 1. The van der Waals surface area contributed by atoms with Crippen molar-refractivity contribution in [1.29, 1.82) is 0 Å². The van der Waals surface area contributed by atoms with Crippen LogP contribution in [-0.2, 0) is 14.8 Å². The van der Waals surface area contributed by atoms with Gasteiger partial charge < -0.3 is 5.11 Å². The lowest BCUT2D eigenvalue weighted by Crippen LogP contribution is -2.49. The second kappa shape index (κ2) is 4.87. The highest BCUT2D eigenvalue weighted by molar-refractivity contribution is 7.89. The predicted molar refractivity (Wildman–Crippen MR) is 68.2 cm³/mol. The Bertz CT molecular complexity index is 581. The zero-order chi connectivity index (χ0) is 14.1. The fraction of sp³-hybridized carbons (Fsp3) is 0.364. The Morgan fingerprint density at radius 2 is 1.94 bits per heavy atom. The highest BCUT2D eigenvalue weighted by atomic mass is 35.5. The van der Waals surface area contributed by atoms with E-state index in [1.807, 2.05) is 0 Å². The highest BCUT2D eigenvalue weighted by Gasteiger charge is 2.33. The molecule has 2 N–H and O–H groups in total. The minimum Gasteiger partial charge on any atom is -0.480 e. The van der Waals surface area contributed by atoms with E-state index in [0.29, 0.717) is 0 Å². The molecule has 0 saturated heterocycles. The van der Waals surface area contributed by atoms with Gasteiger partial charge in [-0.3, -0.25) is 4.79 Å². The summed E-state index contributed by atoms with van der Waals surface area (Å²) >= 11 is 5.86. The molecule has 18 heavy (non-hydrogen) atoms. The molecule has 0 bridgehead atoms. The zero-order valence-corrected chi connectivity index (χ0v) is 11.8. The number of aliphatic carboxylic acids is 1. The first-order chi connectivity index (χ1) is 8.06. The monoisotopic (exact) mass is 291 g/mol. The Balaban J connectivity index is 3.19. The average Bonchev–Trinajstić information content (AvgIpc) is 2.14. The van der Waals surface area contributed by atoms with Crippen LogP contribution in [-0.4, -0.2) is 25.0 Å². The van der Waals surface area contributed by atoms with Gasteiger partial charge in [0.05, 0.1) is 5.02 Å².